The number of aromatic nitrogens is 2. The second kappa shape index (κ2) is 7.52. The molecule has 6 nitrogen and oxygen atoms in total. The molecule has 2 heterocycles. The molecule has 0 fully saturated rings. The third-order valence-electron chi connectivity index (χ3n) is 5.35. The molecule has 29 heavy (non-hydrogen) atoms. The molecule has 0 radical (unpaired) electrons. The maximum absolute atomic E-state index is 12.3. The lowest BCUT2D eigenvalue weighted by molar-refractivity contribution is -0.123. The minimum Gasteiger partial charge on any atom is -0.496 e. The fourth-order valence-corrected chi connectivity index (χ4v) is 3.69. The maximum Gasteiger partial charge on any atom is 0.229 e. The number of carbonyl (C=O) groups excluding carboxylic acids is 1. The van der Waals surface area contributed by atoms with Crippen LogP contribution in [0.25, 0.3) is 11.0 Å². The maximum atomic E-state index is 12.3. The zero-order chi connectivity index (χ0) is 20.6. The van der Waals surface area contributed by atoms with E-state index in [4.69, 9.17) is 9.72 Å². The Bertz CT molecular complexity index is 1050. The van der Waals surface area contributed by atoms with Gasteiger partial charge in [-0.3, -0.25) is 9.69 Å². The summed E-state index contributed by atoms with van der Waals surface area (Å²) in [5.41, 5.74) is 3.67. The lowest BCUT2D eigenvalue weighted by Crippen LogP contribution is -2.33. The summed E-state index contributed by atoms with van der Waals surface area (Å²) in [6.45, 7) is 9.11. The summed E-state index contributed by atoms with van der Waals surface area (Å²) in [4.78, 5) is 19.5. The Kier molecular flexibility index (Phi) is 5.04. The first kappa shape index (κ1) is 19.5. The minimum absolute atomic E-state index is 0.000284. The van der Waals surface area contributed by atoms with Crippen molar-refractivity contribution in [2.24, 2.45) is 5.41 Å². The zero-order valence-electron chi connectivity index (χ0n) is 17.5. The molecule has 1 N–H and O–H groups in total. The molecule has 0 spiro atoms. The number of nitrogens with one attached hydrogen (secondary N) is 1. The number of rotatable bonds is 4. The number of ether oxygens (including phenoxy) is 1. The molecule has 6 heteroatoms. The van der Waals surface area contributed by atoms with Crippen molar-refractivity contribution in [1.29, 1.82) is 0 Å². The lowest BCUT2D eigenvalue weighted by atomic mass is 9.95. The molecule has 1 aliphatic heterocycles. The van der Waals surface area contributed by atoms with E-state index in [1.807, 2.05) is 45.0 Å². The summed E-state index contributed by atoms with van der Waals surface area (Å²) in [6, 6.07) is 14.1. The Labute approximate surface area is 171 Å². The quantitative estimate of drug-likeness (QED) is 0.728. The average molecular weight is 393 g/mol. The van der Waals surface area contributed by atoms with E-state index in [1.165, 1.54) is 5.52 Å². The predicted octanol–water partition coefficient (Wildman–Crippen LogP) is 4.05. The molecule has 1 amide bonds. The molecule has 4 rings (SSSR count). The summed E-state index contributed by atoms with van der Waals surface area (Å²) >= 11 is 0. The highest BCUT2D eigenvalue weighted by atomic mass is 16.5. The average Bonchev–Trinajstić information content (AvgIpc) is 3.05. The molecule has 1 aliphatic rings. The molecule has 0 unspecified atom stereocenters. The smallest absolute Gasteiger partial charge is 0.229 e. The molecular weight excluding hydrogens is 364 g/mol. The Morgan fingerprint density at radius 1 is 1.17 bits per heavy atom. The highest BCUT2D eigenvalue weighted by Gasteiger charge is 2.23. The van der Waals surface area contributed by atoms with Crippen LogP contribution >= 0.6 is 0 Å². The van der Waals surface area contributed by atoms with Crippen LogP contribution in [0.4, 0.5) is 5.69 Å². The van der Waals surface area contributed by atoms with Crippen molar-refractivity contribution in [1.82, 2.24) is 14.5 Å². The van der Waals surface area contributed by atoms with Crippen molar-refractivity contribution in [2.45, 2.75) is 40.4 Å². The van der Waals surface area contributed by atoms with E-state index in [-0.39, 0.29) is 5.91 Å². The van der Waals surface area contributed by atoms with Gasteiger partial charge in [-0.2, -0.15) is 0 Å². The van der Waals surface area contributed by atoms with E-state index in [1.54, 1.807) is 7.11 Å². The number of fused-ring (bicyclic) bond motifs is 3. The number of amides is 1. The van der Waals surface area contributed by atoms with Gasteiger partial charge in [-0.1, -0.05) is 32.9 Å². The van der Waals surface area contributed by atoms with Crippen LogP contribution in [0, 0.1) is 5.41 Å². The summed E-state index contributed by atoms with van der Waals surface area (Å²) in [6.07, 6.45) is 0. The van der Waals surface area contributed by atoms with Gasteiger partial charge in [-0.05, 0) is 30.3 Å². The van der Waals surface area contributed by atoms with E-state index in [0.29, 0.717) is 0 Å². The highest BCUT2D eigenvalue weighted by Crippen LogP contribution is 2.28. The fourth-order valence-electron chi connectivity index (χ4n) is 3.69. The van der Waals surface area contributed by atoms with Gasteiger partial charge in [0.15, 0.2) is 0 Å². The third-order valence-corrected chi connectivity index (χ3v) is 5.35. The number of anilines is 1. The van der Waals surface area contributed by atoms with Crippen LogP contribution in [0.2, 0.25) is 0 Å². The van der Waals surface area contributed by atoms with Crippen molar-refractivity contribution in [2.75, 3.05) is 19.0 Å². The van der Waals surface area contributed by atoms with Crippen LogP contribution in [0.3, 0.4) is 0 Å². The van der Waals surface area contributed by atoms with Gasteiger partial charge >= 0.3 is 0 Å². The first-order valence-corrected chi connectivity index (χ1v) is 10.00. The molecule has 152 valence electrons. The summed E-state index contributed by atoms with van der Waals surface area (Å²) in [5, 5.41) is 3.01. The van der Waals surface area contributed by atoms with Gasteiger partial charge in [0, 0.05) is 36.3 Å². The van der Waals surface area contributed by atoms with Crippen LogP contribution in [0.1, 0.15) is 32.2 Å². The van der Waals surface area contributed by atoms with E-state index in [9.17, 15) is 4.79 Å². The van der Waals surface area contributed by atoms with Crippen LogP contribution in [-0.2, 0) is 24.4 Å². The van der Waals surface area contributed by atoms with Gasteiger partial charge in [0.25, 0.3) is 0 Å². The third kappa shape index (κ3) is 3.98. The van der Waals surface area contributed by atoms with Crippen molar-refractivity contribution in [3.8, 4) is 5.75 Å². The summed E-state index contributed by atoms with van der Waals surface area (Å²) < 4.78 is 7.88. The predicted molar refractivity (Wildman–Crippen MR) is 115 cm³/mol. The monoisotopic (exact) mass is 392 g/mol. The minimum atomic E-state index is -0.438. The summed E-state index contributed by atoms with van der Waals surface area (Å²) in [5.74, 6) is 1.92. The van der Waals surface area contributed by atoms with Gasteiger partial charge in [-0.15, -0.1) is 0 Å². The number of para-hydroxylation sites is 2. The van der Waals surface area contributed by atoms with Gasteiger partial charge < -0.3 is 14.6 Å². The van der Waals surface area contributed by atoms with Crippen LogP contribution in [-0.4, -0.2) is 34.0 Å². The normalized spacial score (nSPS) is 14.6. The molecule has 0 saturated carbocycles. The van der Waals surface area contributed by atoms with Crippen LogP contribution in [0.15, 0.2) is 42.5 Å². The molecule has 2 aromatic carbocycles. The van der Waals surface area contributed by atoms with Gasteiger partial charge in [0.1, 0.15) is 11.6 Å². The first-order valence-electron chi connectivity index (χ1n) is 10.00. The number of nitrogens with zero attached hydrogens (tertiary/aromatic N) is 3. The largest absolute Gasteiger partial charge is 0.496 e. The Morgan fingerprint density at radius 3 is 2.72 bits per heavy atom. The Hall–Kier alpha value is -2.86. The molecule has 1 aromatic heterocycles. The Balaban J connectivity index is 1.54. The first-order chi connectivity index (χ1) is 13.8. The molecule has 3 aromatic rings. The number of imidazole rings is 1. The molecular formula is C23H28N4O2. The fraction of sp³-hybridized carbons (Fsp3) is 0.391. The van der Waals surface area contributed by atoms with Crippen molar-refractivity contribution in [3.05, 3.63) is 53.9 Å². The number of methoxy groups -OCH3 is 1. The van der Waals surface area contributed by atoms with Gasteiger partial charge in [-0.25, -0.2) is 4.98 Å². The highest BCUT2D eigenvalue weighted by molar-refractivity contribution is 5.94. The van der Waals surface area contributed by atoms with Crippen molar-refractivity contribution >= 4 is 22.6 Å². The van der Waals surface area contributed by atoms with E-state index in [2.05, 4.69) is 33.0 Å². The Morgan fingerprint density at radius 2 is 1.97 bits per heavy atom. The van der Waals surface area contributed by atoms with Crippen LogP contribution in [0.5, 0.6) is 5.75 Å². The zero-order valence-corrected chi connectivity index (χ0v) is 17.5. The second-order valence-corrected chi connectivity index (χ2v) is 8.61. The molecule has 0 saturated heterocycles. The molecule has 0 atom stereocenters. The number of carbonyl (C=O) groups is 1. The van der Waals surface area contributed by atoms with Gasteiger partial charge in [0.2, 0.25) is 5.91 Å². The molecule has 0 bridgehead atoms. The number of hydrogen-bond acceptors (Lipinski definition) is 4. The second-order valence-electron chi connectivity index (χ2n) is 8.61. The van der Waals surface area contributed by atoms with Crippen molar-refractivity contribution < 1.29 is 9.53 Å². The molecule has 0 aliphatic carbocycles. The standard InChI is InChI=1S/C23H28N4O2/c1-23(2,3)22(28)24-17-9-10-20(29-4)16(13-17)14-26-11-12-27-19-8-6-5-7-18(19)25-21(27)15-26/h5-10,13H,11-12,14-15H2,1-4H3,(H,24,28). The number of hydrogen-bond donors (Lipinski definition) is 1. The van der Waals surface area contributed by atoms with Crippen molar-refractivity contribution in [3.63, 3.8) is 0 Å². The van der Waals surface area contributed by atoms with E-state index >= 15 is 0 Å². The topological polar surface area (TPSA) is 59.4 Å². The van der Waals surface area contributed by atoms with E-state index < -0.39 is 5.41 Å². The van der Waals surface area contributed by atoms with Gasteiger partial charge in [0.05, 0.1) is 24.7 Å². The SMILES string of the molecule is COc1ccc(NC(=O)C(C)(C)C)cc1CN1CCn2c(nc3ccccc32)C1. The van der Waals surface area contributed by atoms with E-state index in [0.717, 1.165) is 54.5 Å². The van der Waals surface area contributed by atoms with Crippen LogP contribution < -0.4 is 10.1 Å². The lowest BCUT2D eigenvalue weighted by Gasteiger charge is -2.28. The summed E-state index contributed by atoms with van der Waals surface area (Å²) in [7, 11) is 1.68. The number of benzene rings is 2.